The van der Waals surface area contributed by atoms with Crippen LogP contribution < -0.4 is 10.1 Å². The Morgan fingerprint density at radius 1 is 1.33 bits per heavy atom. The molecule has 6 heteroatoms. The van der Waals surface area contributed by atoms with Gasteiger partial charge in [-0.3, -0.25) is 4.79 Å². The van der Waals surface area contributed by atoms with Gasteiger partial charge in [0, 0.05) is 5.56 Å². The van der Waals surface area contributed by atoms with Gasteiger partial charge in [-0.1, -0.05) is 18.2 Å². The number of hydrogen-bond donors (Lipinski definition) is 1. The van der Waals surface area contributed by atoms with Crippen LogP contribution >= 0.6 is 11.3 Å². The van der Waals surface area contributed by atoms with Gasteiger partial charge in [-0.05, 0) is 17.5 Å². The van der Waals surface area contributed by atoms with Crippen LogP contribution in [-0.4, -0.2) is 25.6 Å². The summed E-state index contributed by atoms with van der Waals surface area (Å²) >= 11 is 1.23. The quantitative estimate of drug-likeness (QED) is 0.885. The third-order valence-corrected chi connectivity index (χ3v) is 4.20. The number of hydrogen-bond acceptors (Lipinski definition) is 5. The Kier molecular flexibility index (Phi) is 3.62. The molecule has 2 heterocycles. The van der Waals surface area contributed by atoms with Gasteiger partial charge in [0.15, 0.2) is 0 Å². The second-order valence-electron chi connectivity index (χ2n) is 4.55. The normalized spacial score (nSPS) is 16.0. The molecule has 1 atom stereocenters. The van der Waals surface area contributed by atoms with Gasteiger partial charge in [-0.25, -0.2) is 4.79 Å². The molecule has 1 aliphatic heterocycles. The largest absolute Gasteiger partial charge is 0.492 e. The molecule has 0 bridgehead atoms. The fourth-order valence-corrected chi connectivity index (χ4v) is 3.02. The predicted molar refractivity (Wildman–Crippen MR) is 79.0 cm³/mol. The van der Waals surface area contributed by atoms with Gasteiger partial charge in [0.1, 0.15) is 23.2 Å². The molecule has 0 aliphatic carbocycles. The third kappa shape index (κ3) is 2.50. The van der Waals surface area contributed by atoms with Crippen molar-refractivity contribution >= 4 is 28.9 Å². The second-order valence-corrected chi connectivity index (χ2v) is 5.46. The molecule has 1 unspecified atom stereocenters. The van der Waals surface area contributed by atoms with Gasteiger partial charge in [0.25, 0.3) is 0 Å². The maximum atomic E-state index is 12.4. The van der Waals surface area contributed by atoms with Crippen LogP contribution in [0, 0.1) is 0 Å². The Morgan fingerprint density at radius 3 is 2.95 bits per heavy atom. The van der Waals surface area contributed by atoms with Crippen LogP contribution in [0.3, 0.4) is 0 Å². The summed E-state index contributed by atoms with van der Waals surface area (Å²) in [5, 5.41) is 4.52. The Bertz CT molecular complexity index is 694. The zero-order valence-electron chi connectivity index (χ0n) is 11.3. The molecule has 21 heavy (non-hydrogen) atoms. The average Bonchev–Trinajstić information content (AvgIpc) is 3.12. The van der Waals surface area contributed by atoms with Crippen molar-refractivity contribution in [3.63, 3.8) is 0 Å². The van der Waals surface area contributed by atoms with E-state index in [-0.39, 0.29) is 11.8 Å². The zero-order valence-corrected chi connectivity index (χ0v) is 12.1. The van der Waals surface area contributed by atoms with Gasteiger partial charge in [-0.15, -0.1) is 11.3 Å². The fourth-order valence-electron chi connectivity index (χ4n) is 2.26. The molecular weight excluding hydrogens is 290 g/mol. The first-order valence-electron chi connectivity index (χ1n) is 6.39. The lowest BCUT2D eigenvalue weighted by Gasteiger charge is -2.10. The first-order chi connectivity index (χ1) is 10.2. The van der Waals surface area contributed by atoms with E-state index in [1.54, 1.807) is 11.4 Å². The number of fused-ring (bicyclic) bond motifs is 1. The molecule has 1 aromatic heterocycles. The van der Waals surface area contributed by atoms with Gasteiger partial charge in [0.05, 0.1) is 12.8 Å². The molecule has 1 amide bonds. The minimum absolute atomic E-state index is 0.191. The zero-order chi connectivity index (χ0) is 14.8. The van der Waals surface area contributed by atoms with Gasteiger partial charge >= 0.3 is 5.97 Å². The second kappa shape index (κ2) is 5.57. The van der Waals surface area contributed by atoms with E-state index in [0.717, 1.165) is 11.3 Å². The summed E-state index contributed by atoms with van der Waals surface area (Å²) in [6.45, 7) is 0.308. The topological polar surface area (TPSA) is 64.6 Å². The van der Waals surface area contributed by atoms with E-state index in [2.05, 4.69) is 5.32 Å². The molecule has 1 aromatic carbocycles. The van der Waals surface area contributed by atoms with Crippen LogP contribution in [0.4, 0.5) is 5.69 Å². The van der Waals surface area contributed by atoms with Gasteiger partial charge < -0.3 is 14.8 Å². The van der Waals surface area contributed by atoms with Crippen molar-refractivity contribution in [2.45, 2.75) is 5.92 Å². The van der Waals surface area contributed by atoms with Crippen LogP contribution in [0.2, 0.25) is 0 Å². The number of para-hydroxylation sites is 1. The minimum Gasteiger partial charge on any atom is -0.492 e. The maximum Gasteiger partial charge on any atom is 0.350 e. The van der Waals surface area contributed by atoms with Crippen molar-refractivity contribution in [2.75, 3.05) is 19.0 Å². The van der Waals surface area contributed by atoms with Crippen LogP contribution in [0.1, 0.15) is 21.2 Å². The standard InChI is InChI=1S/C15H13NO4S/c1-19-15(18)13-11(6-7-21-13)16-14(17)10-8-20-12-5-3-2-4-9(10)12/h2-7,10H,8H2,1H3,(H,16,17). The molecule has 108 valence electrons. The number of amides is 1. The smallest absolute Gasteiger partial charge is 0.350 e. The fraction of sp³-hybridized carbons (Fsp3) is 0.200. The molecular formula is C15H13NO4S. The molecule has 3 rings (SSSR count). The van der Waals surface area contributed by atoms with Crippen molar-refractivity contribution in [2.24, 2.45) is 0 Å². The molecule has 2 aromatic rings. The maximum absolute atomic E-state index is 12.4. The number of methoxy groups -OCH3 is 1. The molecule has 1 aliphatic rings. The van der Waals surface area contributed by atoms with E-state index in [0.29, 0.717) is 17.2 Å². The Balaban J connectivity index is 1.79. The van der Waals surface area contributed by atoms with E-state index in [9.17, 15) is 9.59 Å². The van der Waals surface area contributed by atoms with Crippen molar-refractivity contribution < 1.29 is 19.1 Å². The first kappa shape index (κ1) is 13.6. The summed E-state index contributed by atoms with van der Waals surface area (Å²) in [5.74, 6) is -0.283. The number of benzene rings is 1. The monoisotopic (exact) mass is 303 g/mol. The lowest BCUT2D eigenvalue weighted by atomic mass is 10.0. The van der Waals surface area contributed by atoms with Gasteiger partial charge in [0.2, 0.25) is 5.91 Å². The third-order valence-electron chi connectivity index (χ3n) is 3.31. The number of rotatable bonds is 3. The SMILES string of the molecule is COC(=O)c1sccc1NC(=O)C1COc2ccccc21. The summed E-state index contributed by atoms with van der Waals surface area (Å²) < 4.78 is 10.2. The Hall–Kier alpha value is -2.34. The van der Waals surface area contributed by atoms with Crippen molar-refractivity contribution in [1.82, 2.24) is 0 Å². The highest BCUT2D eigenvalue weighted by Gasteiger charge is 2.30. The molecule has 1 N–H and O–H groups in total. The summed E-state index contributed by atoms with van der Waals surface area (Å²) in [5.41, 5.74) is 1.34. The summed E-state index contributed by atoms with van der Waals surface area (Å²) in [6.07, 6.45) is 0. The number of carbonyl (C=O) groups excluding carboxylic acids is 2. The lowest BCUT2D eigenvalue weighted by molar-refractivity contribution is -0.117. The summed E-state index contributed by atoms with van der Waals surface area (Å²) in [7, 11) is 1.31. The minimum atomic E-state index is -0.455. The van der Waals surface area contributed by atoms with Crippen molar-refractivity contribution in [1.29, 1.82) is 0 Å². The number of nitrogens with one attached hydrogen (secondary N) is 1. The summed E-state index contributed by atoms with van der Waals surface area (Å²) in [4.78, 5) is 24.4. The summed E-state index contributed by atoms with van der Waals surface area (Å²) in [6, 6.07) is 9.15. The molecule has 0 saturated carbocycles. The van der Waals surface area contributed by atoms with E-state index in [1.165, 1.54) is 18.4 Å². The van der Waals surface area contributed by atoms with E-state index in [1.807, 2.05) is 24.3 Å². The van der Waals surface area contributed by atoms with Crippen LogP contribution in [0.15, 0.2) is 35.7 Å². The van der Waals surface area contributed by atoms with E-state index >= 15 is 0 Å². The van der Waals surface area contributed by atoms with Crippen LogP contribution in [0.25, 0.3) is 0 Å². The number of thiophene rings is 1. The number of anilines is 1. The molecule has 0 spiro atoms. The number of carbonyl (C=O) groups is 2. The molecule has 5 nitrogen and oxygen atoms in total. The molecule has 0 fully saturated rings. The highest BCUT2D eigenvalue weighted by atomic mass is 32.1. The Labute approximate surface area is 125 Å². The number of ether oxygens (including phenoxy) is 2. The van der Waals surface area contributed by atoms with E-state index < -0.39 is 5.97 Å². The van der Waals surface area contributed by atoms with Gasteiger partial charge in [-0.2, -0.15) is 0 Å². The highest BCUT2D eigenvalue weighted by molar-refractivity contribution is 7.12. The van der Waals surface area contributed by atoms with E-state index in [4.69, 9.17) is 9.47 Å². The predicted octanol–water partition coefficient (Wildman–Crippen LogP) is 2.65. The van der Waals surface area contributed by atoms with Crippen LogP contribution in [0.5, 0.6) is 5.75 Å². The lowest BCUT2D eigenvalue weighted by Crippen LogP contribution is -2.22. The van der Waals surface area contributed by atoms with Crippen molar-refractivity contribution in [3.8, 4) is 5.75 Å². The first-order valence-corrected chi connectivity index (χ1v) is 7.27. The molecule has 0 radical (unpaired) electrons. The highest BCUT2D eigenvalue weighted by Crippen LogP contribution is 2.34. The average molecular weight is 303 g/mol. The van der Waals surface area contributed by atoms with Crippen molar-refractivity contribution in [3.05, 3.63) is 46.2 Å². The van der Waals surface area contributed by atoms with Crippen LogP contribution in [-0.2, 0) is 9.53 Å². The molecule has 0 saturated heterocycles. The Morgan fingerprint density at radius 2 is 2.14 bits per heavy atom. The number of esters is 1.